The molecule has 2 rings (SSSR count). The van der Waals surface area contributed by atoms with Gasteiger partial charge in [0.15, 0.2) is 0 Å². The molecule has 1 saturated heterocycles. The molecule has 5 nitrogen and oxygen atoms in total. The number of para-hydroxylation sites is 1. The van der Waals surface area contributed by atoms with Gasteiger partial charge in [-0.15, -0.1) is 0 Å². The molecule has 0 bridgehead atoms. The molecule has 5 heteroatoms. The molecule has 114 valence electrons. The van der Waals surface area contributed by atoms with Gasteiger partial charge >= 0.3 is 0 Å². The van der Waals surface area contributed by atoms with Crippen molar-refractivity contribution in [1.29, 1.82) is 5.26 Å². The maximum Gasteiger partial charge on any atom is 0.137 e. The third kappa shape index (κ3) is 4.71. The number of nitrogens with zero attached hydrogens (tertiary/aromatic N) is 1. The molecule has 0 amide bonds. The van der Waals surface area contributed by atoms with Gasteiger partial charge in [-0.25, -0.2) is 0 Å². The van der Waals surface area contributed by atoms with Crippen LogP contribution in [-0.4, -0.2) is 43.1 Å². The first-order chi connectivity index (χ1) is 10.1. The van der Waals surface area contributed by atoms with Crippen LogP contribution in [0.5, 0.6) is 5.75 Å². The largest absolute Gasteiger partial charge is 0.489 e. The van der Waals surface area contributed by atoms with Crippen LogP contribution in [0.25, 0.3) is 0 Å². The van der Waals surface area contributed by atoms with E-state index in [4.69, 9.17) is 14.7 Å². The lowest BCUT2D eigenvalue weighted by Crippen LogP contribution is -2.51. The number of hydrogen-bond acceptors (Lipinski definition) is 5. The van der Waals surface area contributed by atoms with E-state index in [1.54, 1.807) is 24.3 Å². The molecule has 0 aromatic heterocycles. The number of aliphatic hydroxyl groups excluding tert-OH is 1. The molecular weight excluding hydrogens is 268 g/mol. The fourth-order valence-corrected chi connectivity index (χ4v) is 2.37. The molecule has 2 N–H and O–H groups in total. The number of hydrogen-bond donors (Lipinski definition) is 2. The number of aliphatic hydroxyl groups is 1. The Morgan fingerprint density at radius 3 is 3.05 bits per heavy atom. The quantitative estimate of drug-likeness (QED) is 0.829. The minimum atomic E-state index is -0.629. The third-order valence-corrected chi connectivity index (χ3v) is 3.64. The Morgan fingerprint density at radius 2 is 2.33 bits per heavy atom. The lowest BCUT2D eigenvalue weighted by molar-refractivity contribution is 0.0184. The first kappa shape index (κ1) is 15.8. The lowest BCUT2D eigenvalue weighted by atomic mass is 9.95. The van der Waals surface area contributed by atoms with Gasteiger partial charge in [0.2, 0.25) is 0 Å². The van der Waals surface area contributed by atoms with E-state index in [1.165, 1.54) is 0 Å². The summed E-state index contributed by atoms with van der Waals surface area (Å²) in [5.74, 6) is 0.506. The standard InChI is InChI=1S/C16H22N2O3/c1-16(7-4-8-20-12-16)18-10-14(19)11-21-15-6-3-2-5-13(15)9-17/h2-3,5-6,14,18-19H,4,7-8,10-12H2,1H3. The number of rotatable bonds is 6. The van der Waals surface area contributed by atoms with Gasteiger partial charge in [0.1, 0.15) is 24.5 Å². The minimum absolute atomic E-state index is 0.0796. The Bertz CT molecular complexity index is 493. The van der Waals surface area contributed by atoms with E-state index in [9.17, 15) is 5.11 Å². The topological polar surface area (TPSA) is 74.5 Å². The zero-order chi connectivity index (χ0) is 15.1. The van der Waals surface area contributed by atoms with Gasteiger partial charge in [-0.2, -0.15) is 5.26 Å². The normalized spacial score (nSPS) is 23.3. The summed E-state index contributed by atoms with van der Waals surface area (Å²) in [6.07, 6.45) is 1.44. The second kappa shape index (κ2) is 7.41. The summed E-state index contributed by atoms with van der Waals surface area (Å²) in [6, 6.07) is 9.09. The van der Waals surface area contributed by atoms with Crippen molar-refractivity contribution in [3.63, 3.8) is 0 Å². The molecule has 2 unspecified atom stereocenters. The second-order valence-corrected chi connectivity index (χ2v) is 5.67. The molecule has 1 aliphatic rings. The molecule has 1 fully saturated rings. The van der Waals surface area contributed by atoms with E-state index in [0.29, 0.717) is 24.5 Å². The molecule has 21 heavy (non-hydrogen) atoms. The van der Waals surface area contributed by atoms with Gasteiger partial charge in [-0.3, -0.25) is 0 Å². The maximum atomic E-state index is 10.0. The van der Waals surface area contributed by atoms with Gasteiger partial charge in [-0.05, 0) is 31.9 Å². The maximum absolute atomic E-state index is 10.0. The van der Waals surface area contributed by atoms with Crippen molar-refractivity contribution in [1.82, 2.24) is 5.32 Å². The molecule has 1 aliphatic heterocycles. The molecule has 2 atom stereocenters. The molecule has 0 aliphatic carbocycles. The predicted octanol–water partition coefficient (Wildman–Crippen LogP) is 1.46. The summed E-state index contributed by atoms with van der Waals surface area (Å²) in [6.45, 7) is 4.17. The van der Waals surface area contributed by atoms with E-state index < -0.39 is 6.10 Å². The van der Waals surface area contributed by atoms with Crippen molar-refractivity contribution in [3.05, 3.63) is 29.8 Å². The highest BCUT2D eigenvalue weighted by Crippen LogP contribution is 2.19. The first-order valence-corrected chi connectivity index (χ1v) is 7.26. The van der Waals surface area contributed by atoms with Crippen molar-refractivity contribution in [2.45, 2.75) is 31.4 Å². The zero-order valence-corrected chi connectivity index (χ0v) is 12.3. The summed E-state index contributed by atoms with van der Waals surface area (Å²) in [5, 5.41) is 22.3. The highest BCUT2D eigenvalue weighted by molar-refractivity contribution is 5.42. The fraction of sp³-hybridized carbons (Fsp3) is 0.562. The van der Waals surface area contributed by atoms with Crippen molar-refractivity contribution in [2.75, 3.05) is 26.4 Å². The van der Waals surface area contributed by atoms with Crippen LogP contribution in [0.2, 0.25) is 0 Å². The molecule has 0 radical (unpaired) electrons. The number of ether oxygens (including phenoxy) is 2. The van der Waals surface area contributed by atoms with E-state index in [-0.39, 0.29) is 12.1 Å². The predicted molar refractivity (Wildman–Crippen MR) is 79.1 cm³/mol. The van der Waals surface area contributed by atoms with Crippen molar-refractivity contribution in [3.8, 4) is 11.8 Å². The van der Waals surface area contributed by atoms with E-state index >= 15 is 0 Å². The minimum Gasteiger partial charge on any atom is -0.489 e. The van der Waals surface area contributed by atoms with Crippen LogP contribution in [0, 0.1) is 11.3 Å². The van der Waals surface area contributed by atoms with E-state index in [0.717, 1.165) is 19.4 Å². The Hall–Kier alpha value is -1.61. The highest BCUT2D eigenvalue weighted by Gasteiger charge is 2.27. The molecule has 0 spiro atoms. The van der Waals surface area contributed by atoms with E-state index in [2.05, 4.69) is 18.3 Å². The van der Waals surface area contributed by atoms with Crippen LogP contribution >= 0.6 is 0 Å². The zero-order valence-electron chi connectivity index (χ0n) is 12.3. The summed E-state index contributed by atoms with van der Waals surface area (Å²) in [4.78, 5) is 0. The number of benzene rings is 1. The Balaban J connectivity index is 1.77. The summed E-state index contributed by atoms with van der Waals surface area (Å²) in [7, 11) is 0. The van der Waals surface area contributed by atoms with Crippen molar-refractivity contribution < 1.29 is 14.6 Å². The van der Waals surface area contributed by atoms with Crippen LogP contribution in [-0.2, 0) is 4.74 Å². The van der Waals surface area contributed by atoms with Crippen LogP contribution in [0.15, 0.2) is 24.3 Å². The first-order valence-electron chi connectivity index (χ1n) is 7.26. The summed E-state index contributed by atoms with van der Waals surface area (Å²) in [5.41, 5.74) is 0.398. The third-order valence-electron chi connectivity index (χ3n) is 3.64. The molecular formula is C16H22N2O3. The van der Waals surface area contributed by atoms with Gasteiger partial charge < -0.3 is 19.9 Å². The molecule has 1 aromatic carbocycles. The number of β-amino-alcohol motifs (C(OH)–C–C–N with tert-alkyl or cyclic N) is 1. The highest BCUT2D eigenvalue weighted by atomic mass is 16.5. The smallest absolute Gasteiger partial charge is 0.137 e. The number of nitriles is 1. The average molecular weight is 290 g/mol. The van der Waals surface area contributed by atoms with Gasteiger partial charge in [-0.1, -0.05) is 12.1 Å². The Morgan fingerprint density at radius 1 is 1.52 bits per heavy atom. The van der Waals surface area contributed by atoms with Crippen LogP contribution in [0.3, 0.4) is 0 Å². The Labute approximate surface area is 125 Å². The van der Waals surface area contributed by atoms with Crippen LogP contribution in [0.4, 0.5) is 0 Å². The van der Waals surface area contributed by atoms with Crippen LogP contribution < -0.4 is 10.1 Å². The molecule has 1 heterocycles. The summed E-state index contributed by atoms with van der Waals surface area (Å²) < 4.78 is 11.0. The average Bonchev–Trinajstić information content (AvgIpc) is 2.52. The number of nitrogens with one attached hydrogen (secondary N) is 1. The molecule has 0 saturated carbocycles. The summed E-state index contributed by atoms with van der Waals surface area (Å²) >= 11 is 0. The van der Waals surface area contributed by atoms with Crippen LogP contribution in [0.1, 0.15) is 25.3 Å². The van der Waals surface area contributed by atoms with Gasteiger partial charge in [0, 0.05) is 18.7 Å². The second-order valence-electron chi connectivity index (χ2n) is 5.67. The van der Waals surface area contributed by atoms with Gasteiger partial charge in [0.25, 0.3) is 0 Å². The SMILES string of the molecule is CC1(NCC(O)COc2ccccc2C#N)CCCOC1. The van der Waals surface area contributed by atoms with Crippen molar-refractivity contribution >= 4 is 0 Å². The lowest BCUT2D eigenvalue weighted by Gasteiger charge is -2.35. The monoisotopic (exact) mass is 290 g/mol. The fourth-order valence-electron chi connectivity index (χ4n) is 2.37. The van der Waals surface area contributed by atoms with Gasteiger partial charge in [0.05, 0.1) is 12.2 Å². The Kier molecular flexibility index (Phi) is 5.57. The molecule has 1 aromatic rings. The van der Waals surface area contributed by atoms with Crippen molar-refractivity contribution in [2.24, 2.45) is 0 Å². The van der Waals surface area contributed by atoms with E-state index in [1.807, 2.05) is 0 Å².